The lowest BCUT2D eigenvalue weighted by Crippen LogP contribution is -2.21. The number of hydrogen-bond donors (Lipinski definition) is 2. The molecule has 0 aliphatic carbocycles. The van der Waals surface area contributed by atoms with Crippen molar-refractivity contribution in [1.29, 1.82) is 0 Å². The van der Waals surface area contributed by atoms with E-state index in [0.717, 1.165) is 18.5 Å². The lowest BCUT2D eigenvalue weighted by Gasteiger charge is -2.18. The Morgan fingerprint density at radius 3 is 2.60 bits per heavy atom. The molecule has 0 bridgehead atoms. The molecule has 0 aliphatic heterocycles. The molecule has 1 rings (SSSR count). The number of benzene rings is 1. The predicted molar refractivity (Wildman–Crippen MR) is 64.0 cm³/mol. The minimum absolute atomic E-state index is 0.276. The molecule has 0 unspecified atom stereocenters. The highest BCUT2D eigenvalue weighted by Gasteiger charge is 2.11. The Hall–Kier alpha value is -1.02. The first-order valence-electron chi connectivity index (χ1n) is 5.80. The van der Waals surface area contributed by atoms with Crippen molar-refractivity contribution < 1.29 is 5.11 Å². The van der Waals surface area contributed by atoms with E-state index in [9.17, 15) is 5.11 Å². The molecule has 0 saturated carbocycles. The summed E-state index contributed by atoms with van der Waals surface area (Å²) in [5.41, 5.74) is 1.01. The zero-order valence-corrected chi connectivity index (χ0v) is 9.66. The largest absolute Gasteiger partial charge is 0.508 e. The van der Waals surface area contributed by atoms with Crippen molar-refractivity contribution in [2.45, 2.75) is 39.2 Å². The second-order valence-electron chi connectivity index (χ2n) is 3.83. The van der Waals surface area contributed by atoms with Gasteiger partial charge in [-0.2, -0.15) is 0 Å². The number of phenols is 1. The number of nitrogens with one attached hydrogen (secondary N) is 1. The fraction of sp³-hybridized carbons (Fsp3) is 0.538. The van der Waals surface area contributed by atoms with Gasteiger partial charge in [0.15, 0.2) is 0 Å². The molecule has 84 valence electrons. The number of unbranched alkanes of at least 4 members (excludes halogenated alkanes) is 1. The van der Waals surface area contributed by atoms with Gasteiger partial charge in [0.2, 0.25) is 0 Å². The first-order chi connectivity index (χ1) is 7.29. The van der Waals surface area contributed by atoms with Crippen molar-refractivity contribution in [3.8, 4) is 5.75 Å². The summed E-state index contributed by atoms with van der Waals surface area (Å²) < 4.78 is 0. The van der Waals surface area contributed by atoms with Gasteiger partial charge in [-0.05, 0) is 25.5 Å². The lowest BCUT2D eigenvalue weighted by molar-refractivity contribution is 0.439. The van der Waals surface area contributed by atoms with Gasteiger partial charge in [-0.3, -0.25) is 0 Å². The van der Waals surface area contributed by atoms with Gasteiger partial charge in [0, 0.05) is 11.6 Å². The molecule has 0 saturated heterocycles. The fourth-order valence-electron chi connectivity index (χ4n) is 1.71. The third kappa shape index (κ3) is 3.56. The smallest absolute Gasteiger partial charge is 0.120 e. The van der Waals surface area contributed by atoms with Gasteiger partial charge in [0.1, 0.15) is 5.75 Å². The molecule has 0 spiro atoms. The van der Waals surface area contributed by atoms with Crippen LogP contribution < -0.4 is 5.32 Å². The Labute approximate surface area is 92.3 Å². The second-order valence-corrected chi connectivity index (χ2v) is 3.83. The van der Waals surface area contributed by atoms with Crippen LogP contribution in [-0.4, -0.2) is 11.7 Å². The fourth-order valence-corrected chi connectivity index (χ4v) is 1.71. The lowest BCUT2D eigenvalue weighted by atomic mass is 10.0. The van der Waals surface area contributed by atoms with E-state index in [1.54, 1.807) is 6.07 Å². The highest BCUT2D eigenvalue weighted by Crippen LogP contribution is 2.25. The molecule has 0 amide bonds. The van der Waals surface area contributed by atoms with Gasteiger partial charge in [0.05, 0.1) is 0 Å². The van der Waals surface area contributed by atoms with Gasteiger partial charge in [-0.25, -0.2) is 0 Å². The summed E-state index contributed by atoms with van der Waals surface area (Å²) in [5.74, 6) is 0.397. The second kappa shape index (κ2) is 6.46. The van der Waals surface area contributed by atoms with E-state index >= 15 is 0 Å². The number of para-hydroxylation sites is 1. The summed E-state index contributed by atoms with van der Waals surface area (Å²) in [7, 11) is 0. The summed E-state index contributed by atoms with van der Waals surface area (Å²) in [5, 5.41) is 13.2. The standard InChI is InChI=1S/C13H21NO/c1-3-5-10-14-12(4-2)11-8-6-7-9-13(11)15/h6-9,12,14-15H,3-5,10H2,1-2H3/t12-/m1/s1. The van der Waals surface area contributed by atoms with E-state index in [4.69, 9.17) is 0 Å². The van der Waals surface area contributed by atoms with E-state index in [0.29, 0.717) is 5.75 Å². The predicted octanol–water partition coefficient (Wildman–Crippen LogP) is 3.23. The summed E-state index contributed by atoms with van der Waals surface area (Å²) in [6.45, 7) is 5.34. The molecule has 0 aliphatic rings. The maximum absolute atomic E-state index is 9.73. The molecule has 1 aromatic rings. The van der Waals surface area contributed by atoms with Gasteiger partial charge in [-0.1, -0.05) is 38.5 Å². The highest BCUT2D eigenvalue weighted by molar-refractivity contribution is 5.34. The Kier molecular flexibility index (Phi) is 5.19. The van der Waals surface area contributed by atoms with Crippen LogP contribution in [0.4, 0.5) is 0 Å². The minimum Gasteiger partial charge on any atom is -0.508 e. The van der Waals surface area contributed by atoms with Gasteiger partial charge in [0.25, 0.3) is 0 Å². The van der Waals surface area contributed by atoms with Crippen LogP contribution in [0, 0.1) is 0 Å². The van der Waals surface area contributed by atoms with Crippen LogP contribution in [0.15, 0.2) is 24.3 Å². The summed E-state index contributed by atoms with van der Waals surface area (Å²) in [6, 6.07) is 7.84. The van der Waals surface area contributed by atoms with Crippen LogP contribution in [-0.2, 0) is 0 Å². The van der Waals surface area contributed by atoms with Crippen molar-refractivity contribution in [2.24, 2.45) is 0 Å². The molecule has 0 radical (unpaired) electrons. The zero-order chi connectivity index (χ0) is 11.1. The molecule has 2 nitrogen and oxygen atoms in total. The topological polar surface area (TPSA) is 32.3 Å². The molecule has 15 heavy (non-hydrogen) atoms. The van der Waals surface area contributed by atoms with Crippen LogP contribution in [0.5, 0.6) is 5.75 Å². The molecule has 0 aromatic heterocycles. The SMILES string of the molecule is CCCCN[C@H](CC)c1ccccc1O. The Morgan fingerprint density at radius 2 is 2.00 bits per heavy atom. The van der Waals surface area contributed by atoms with Crippen LogP contribution in [0.2, 0.25) is 0 Å². The monoisotopic (exact) mass is 207 g/mol. The van der Waals surface area contributed by atoms with Gasteiger partial charge < -0.3 is 10.4 Å². The van der Waals surface area contributed by atoms with Crippen LogP contribution in [0.25, 0.3) is 0 Å². The minimum atomic E-state index is 0.276. The number of hydrogen-bond acceptors (Lipinski definition) is 2. The molecule has 0 heterocycles. The molecular weight excluding hydrogens is 186 g/mol. The average molecular weight is 207 g/mol. The van der Waals surface area contributed by atoms with E-state index in [1.165, 1.54) is 12.8 Å². The van der Waals surface area contributed by atoms with E-state index in [1.807, 2.05) is 18.2 Å². The summed E-state index contributed by atoms with van der Waals surface area (Å²) in [6.07, 6.45) is 3.38. The first-order valence-corrected chi connectivity index (χ1v) is 5.80. The number of aromatic hydroxyl groups is 1. The molecule has 0 fully saturated rings. The normalized spacial score (nSPS) is 12.7. The van der Waals surface area contributed by atoms with Crippen molar-refractivity contribution in [2.75, 3.05) is 6.54 Å². The Balaban J connectivity index is 2.61. The van der Waals surface area contributed by atoms with Crippen molar-refractivity contribution >= 4 is 0 Å². The number of rotatable bonds is 6. The van der Waals surface area contributed by atoms with Crippen molar-refractivity contribution in [3.63, 3.8) is 0 Å². The quantitative estimate of drug-likeness (QED) is 0.702. The van der Waals surface area contributed by atoms with E-state index in [2.05, 4.69) is 19.2 Å². The third-order valence-corrected chi connectivity index (χ3v) is 2.64. The average Bonchev–Trinajstić information content (AvgIpc) is 2.26. The zero-order valence-electron chi connectivity index (χ0n) is 9.66. The maximum Gasteiger partial charge on any atom is 0.120 e. The third-order valence-electron chi connectivity index (χ3n) is 2.64. The van der Waals surface area contributed by atoms with Crippen molar-refractivity contribution in [1.82, 2.24) is 5.32 Å². The van der Waals surface area contributed by atoms with Crippen molar-refractivity contribution in [3.05, 3.63) is 29.8 Å². The highest BCUT2D eigenvalue weighted by atomic mass is 16.3. The van der Waals surface area contributed by atoms with Gasteiger partial charge in [-0.15, -0.1) is 0 Å². The van der Waals surface area contributed by atoms with Crippen LogP contribution >= 0.6 is 0 Å². The number of phenolic OH excluding ortho intramolecular Hbond substituents is 1. The summed E-state index contributed by atoms with van der Waals surface area (Å²) in [4.78, 5) is 0. The van der Waals surface area contributed by atoms with Crippen LogP contribution in [0.1, 0.15) is 44.7 Å². The first kappa shape index (κ1) is 12.1. The van der Waals surface area contributed by atoms with E-state index in [-0.39, 0.29) is 6.04 Å². The molecule has 1 atom stereocenters. The van der Waals surface area contributed by atoms with Gasteiger partial charge >= 0.3 is 0 Å². The molecule has 2 N–H and O–H groups in total. The van der Waals surface area contributed by atoms with Crippen LogP contribution in [0.3, 0.4) is 0 Å². The van der Waals surface area contributed by atoms with E-state index < -0.39 is 0 Å². The molecule has 2 heteroatoms. The molecular formula is C13H21NO. The Bertz CT molecular complexity index is 286. The Morgan fingerprint density at radius 1 is 1.27 bits per heavy atom. The summed E-state index contributed by atoms with van der Waals surface area (Å²) >= 11 is 0. The maximum atomic E-state index is 9.73. The molecule has 1 aromatic carbocycles.